The number of para-hydroxylation sites is 1. The van der Waals surface area contributed by atoms with E-state index in [9.17, 15) is 53.1 Å². The van der Waals surface area contributed by atoms with Crippen molar-refractivity contribution in [3.05, 3.63) is 36.0 Å². The van der Waals surface area contributed by atoms with Gasteiger partial charge >= 0.3 is 5.97 Å². The van der Waals surface area contributed by atoms with Crippen molar-refractivity contribution in [3.63, 3.8) is 0 Å². The average Bonchev–Trinajstić information content (AvgIpc) is 3.58. The van der Waals surface area contributed by atoms with Crippen LogP contribution in [-0.4, -0.2) is 118 Å². The van der Waals surface area contributed by atoms with Crippen LogP contribution in [0.4, 0.5) is 0 Å². The van der Waals surface area contributed by atoms with E-state index in [1.54, 1.807) is 44.3 Å². The summed E-state index contributed by atoms with van der Waals surface area (Å²) in [5.74, 6) is -9.29. The third-order valence-corrected chi connectivity index (χ3v) is 9.28. The number of aliphatic carboxylic acids is 1. The van der Waals surface area contributed by atoms with E-state index in [-0.39, 0.29) is 19.3 Å². The summed E-state index contributed by atoms with van der Waals surface area (Å²) >= 11 is 0. The summed E-state index contributed by atoms with van der Waals surface area (Å²) in [6, 6.07) is -1.79. The van der Waals surface area contributed by atoms with Crippen molar-refractivity contribution in [1.29, 1.82) is 0 Å². The number of fused-ring (bicyclic) bond motifs is 1. The lowest BCUT2D eigenvalue weighted by Gasteiger charge is -2.27. The van der Waals surface area contributed by atoms with Crippen LogP contribution in [0.1, 0.15) is 65.9 Å². The van der Waals surface area contributed by atoms with Crippen molar-refractivity contribution in [2.75, 3.05) is 6.54 Å². The lowest BCUT2D eigenvalue weighted by atomic mass is 9.97. The second kappa shape index (κ2) is 23.0. The summed E-state index contributed by atoms with van der Waals surface area (Å²) in [6.45, 7) is 6.68. The topological polar surface area (TPSA) is 369 Å². The number of nitrogens with two attached hydrogens (primary N) is 3. The number of benzene rings is 1. The number of hydrogen-bond donors (Lipinski definition) is 12. The van der Waals surface area contributed by atoms with Crippen LogP contribution >= 0.6 is 0 Å². The Morgan fingerprint density at radius 1 is 0.695 bits per heavy atom. The van der Waals surface area contributed by atoms with Crippen molar-refractivity contribution in [3.8, 4) is 0 Å². The van der Waals surface area contributed by atoms with Crippen molar-refractivity contribution in [1.82, 2.24) is 42.2 Å². The maximum atomic E-state index is 13.5. The summed E-state index contributed by atoms with van der Waals surface area (Å²) < 4.78 is 0. The number of rotatable bonds is 24. The number of carbonyl (C=O) groups excluding carboxylic acids is 9. The molecule has 22 heteroatoms. The van der Waals surface area contributed by atoms with Crippen LogP contribution in [0, 0.1) is 5.92 Å². The number of primary amides is 2. The number of carboxylic acids is 1. The lowest BCUT2D eigenvalue weighted by Crippen LogP contribution is -2.59. The molecule has 0 unspecified atom stereocenters. The molecule has 0 radical (unpaired) electrons. The first kappa shape index (κ1) is 48.6. The number of amides is 9. The largest absolute Gasteiger partial charge is 0.480 e. The Hall–Kier alpha value is -6.58. The number of aromatic amines is 1. The Morgan fingerprint density at radius 3 is 1.81 bits per heavy atom. The molecule has 2 aromatic rings. The van der Waals surface area contributed by atoms with Gasteiger partial charge in [-0.1, -0.05) is 38.5 Å². The Morgan fingerprint density at radius 2 is 1.25 bits per heavy atom. The van der Waals surface area contributed by atoms with E-state index in [1.165, 1.54) is 20.8 Å². The minimum absolute atomic E-state index is 0.0327. The number of hydrogen-bond acceptors (Lipinski definition) is 11. The van der Waals surface area contributed by atoms with Crippen LogP contribution in [-0.2, 0) is 54.4 Å². The van der Waals surface area contributed by atoms with Gasteiger partial charge in [0.1, 0.15) is 36.3 Å². The molecule has 2 rings (SSSR count). The van der Waals surface area contributed by atoms with Gasteiger partial charge in [0.25, 0.3) is 0 Å². The van der Waals surface area contributed by atoms with Crippen LogP contribution in [0.25, 0.3) is 10.9 Å². The number of nitrogens with one attached hydrogen (secondary N) is 8. The van der Waals surface area contributed by atoms with Crippen LogP contribution in [0.5, 0.6) is 0 Å². The van der Waals surface area contributed by atoms with E-state index >= 15 is 0 Å². The summed E-state index contributed by atoms with van der Waals surface area (Å²) in [5.41, 5.74) is 17.4. The predicted molar refractivity (Wildman–Crippen MR) is 211 cm³/mol. The monoisotopic (exact) mass is 829 g/mol. The zero-order valence-corrected chi connectivity index (χ0v) is 33.5. The van der Waals surface area contributed by atoms with E-state index < -0.39 is 120 Å². The van der Waals surface area contributed by atoms with E-state index in [2.05, 4.69) is 42.2 Å². The second-order valence-electron chi connectivity index (χ2n) is 14.1. The van der Waals surface area contributed by atoms with E-state index in [0.717, 1.165) is 10.9 Å². The predicted octanol–water partition coefficient (Wildman–Crippen LogP) is -3.61. The van der Waals surface area contributed by atoms with Crippen LogP contribution in [0.2, 0.25) is 0 Å². The summed E-state index contributed by atoms with van der Waals surface area (Å²) in [5, 5.41) is 27.3. The molecule has 59 heavy (non-hydrogen) atoms. The van der Waals surface area contributed by atoms with Gasteiger partial charge < -0.3 is 64.5 Å². The summed E-state index contributed by atoms with van der Waals surface area (Å²) in [7, 11) is 0. The van der Waals surface area contributed by atoms with E-state index in [1.807, 2.05) is 0 Å². The standard InChI is InChI=1S/C37H55N11O11/c1-6-17(2)30(36(57)46-25(14-28(40)50)35(56)47-26(37(58)59)13-21-15-41-24-10-8-7-9-22(21)24)48-29(51)16-42-31(52)18(3)43-32(53)19(4)44-33(54)20(5)45-34(55)23(38)11-12-27(39)49/h7-10,15,17-20,23,25-26,30,41H,6,11-14,16,38H2,1-5H3,(H2,39,49)(H2,40,50)(H,42,52)(H,43,53)(H,44,54)(H,45,55)(H,46,57)(H,47,56)(H,48,51)(H,58,59)/t17-,18-,19-,20-,23-,25-,26-,30-/m0/s1. The molecule has 0 spiro atoms. The molecule has 8 atom stereocenters. The average molecular weight is 830 g/mol. The van der Waals surface area contributed by atoms with Crippen LogP contribution in [0.3, 0.4) is 0 Å². The van der Waals surface area contributed by atoms with Gasteiger partial charge in [0.2, 0.25) is 53.2 Å². The van der Waals surface area contributed by atoms with Gasteiger partial charge in [-0.05, 0) is 44.7 Å². The number of carbonyl (C=O) groups is 10. The highest BCUT2D eigenvalue weighted by Crippen LogP contribution is 2.19. The molecule has 0 aliphatic rings. The van der Waals surface area contributed by atoms with Gasteiger partial charge in [-0.25, -0.2) is 4.79 Å². The molecule has 1 heterocycles. The molecule has 22 nitrogen and oxygen atoms in total. The highest BCUT2D eigenvalue weighted by Gasteiger charge is 2.33. The molecule has 0 aliphatic heterocycles. The Labute approximate surface area is 339 Å². The van der Waals surface area contributed by atoms with Gasteiger partial charge in [0, 0.05) is 29.9 Å². The molecular formula is C37H55N11O11. The first-order valence-electron chi connectivity index (χ1n) is 18.8. The van der Waals surface area contributed by atoms with Gasteiger partial charge in [0.15, 0.2) is 0 Å². The molecule has 0 saturated carbocycles. The molecule has 324 valence electrons. The Balaban J connectivity index is 1.97. The SMILES string of the molecule is CC[C@H](C)[C@H](NC(=O)CNC(=O)[C@H](C)NC(=O)[C@H](C)NC(=O)[C@H](C)NC(=O)[C@@H](N)CCC(N)=O)C(=O)N[C@@H](CC(N)=O)C(=O)N[C@@H](Cc1c[nH]c2ccccc12)C(=O)O. The smallest absolute Gasteiger partial charge is 0.326 e. The van der Waals surface area contributed by atoms with Gasteiger partial charge in [-0.2, -0.15) is 0 Å². The molecule has 0 saturated heterocycles. The normalized spacial score (nSPS) is 15.0. The maximum absolute atomic E-state index is 13.5. The highest BCUT2D eigenvalue weighted by atomic mass is 16.4. The number of carboxylic acid groups (broad SMARTS) is 1. The van der Waals surface area contributed by atoms with Crippen molar-refractivity contribution >= 4 is 70.0 Å². The lowest BCUT2D eigenvalue weighted by molar-refractivity contribution is -0.142. The maximum Gasteiger partial charge on any atom is 0.326 e. The number of H-pyrrole nitrogens is 1. The molecule has 15 N–H and O–H groups in total. The number of aromatic nitrogens is 1. The Bertz CT molecular complexity index is 1880. The quantitative estimate of drug-likeness (QED) is 0.0488. The minimum Gasteiger partial charge on any atom is -0.480 e. The molecule has 1 aromatic carbocycles. The summed E-state index contributed by atoms with van der Waals surface area (Å²) in [6.07, 6.45) is 0.987. The van der Waals surface area contributed by atoms with Gasteiger partial charge in [0.05, 0.1) is 19.0 Å². The van der Waals surface area contributed by atoms with Gasteiger partial charge in [-0.3, -0.25) is 43.2 Å². The van der Waals surface area contributed by atoms with E-state index in [4.69, 9.17) is 17.2 Å². The van der Waals surface area contributed by atoms with E-state index in [0.29, 0.717) is 12.0 Å². The fourth-order valence-corrected chi connectivity index (χ4v) is 5.53. The van der Waals surface area contributed by atoms with Crippen LogP contribution < -0.4 is 54.4 Å². The molecule has 0 aliphatic carbocycles. The first-order valence-corrected chi connectivity index (χ1v) is 18.8. The third kappa shape index (κ3) is 15.7. The third-order valence-electron chi connectivity index (χ3n) is 9.28. The van der Waals surface area contributed by atoms with Crippen molar-refractivity contribution < 1.29 is 53.1 Å². The first-order chi connectivity index (χ1) is 27.6. The zero-order valence-electron chi connectivity index (χ0n) is 33.5. The molecule has 0 fully saturated rings. The van der Waals surface area contributed by atoms with Crippen LogP contribution in [0.15, 0.2) is 30.5 Å². The summed E-state index contributed by atoms with van der Waals surface area (Å²) in [4.78, 5) is 128. The second-order valence-corrected chi connectivity index (χ2v) is 14.1. The molecule has 1 aromatic heterocycles. The zero-order chi connectivity index (χ0) is 44.6. The molecule has 0 bridgehead atoms. The van der Waals surface area contributed by atoms with Gasteiger partial charge in [-0.15, -0.1) is 0 Å². The molecular weight excluding hydrogens is 774 g/mol. The minimum atomic E-state index is -1.61. The van der Waals surface area contributed by atoms with Crippen molar-refractivity contribution in [2.45, 2.75) is 109 Å². The fraction of sp³-hybridized carbons (Fsp3) is 0.514. The Kier molecular flexibility index (Phi) is 18.9. The van der Waals surface area contributed by atoms with Crippen molar-refractivity contribution in [2.24, 2.45) is 23.1 Å². The highest BCUT2D eigenvalue weighted by molar-refractivity contribution is 5.98. The fourth-order valence-electron chi connectivity index (χ4n) is 5.53. The molecule has 9 amide bonds.